The summed E-state index contributed by atoms with van der Waals surface area (Å²) in [6.07, 6.45) is -0.0697. The second-order valence-corrected chi connectivity index (χ2v) is 7.82. The van der Waals surface area contributed by atoms with Gasteiger partial charge in [0.1, 0.15) is 5.75 Å². The van der Waals surface area contributed by atoms with Crippen molar-refractivity contribution in [1.29, 1.82) is 0 Å². The monoisotopic (exact) mass is 447 g/mol. The first-order valence-corrected chi connectivity index (χ1v) is 10.8. The van der Waals surface area contributed by atoms with E-state index >= 15 is 0 Å². The number of rotatable bonds is 8. The lowest BCUT2D eigenvalue weighted by molar-refractivity contribution is -0.137. The number of fused-ring (bicyclic) bond motifs is 1. The molecule has 0 radical (unpaired) electrons. The van der Waals surface area contributed by atoms with Crippen molar-refractivity contribution in [2.24, 2.45) is 0 Å². The highest BCUT2D eigenvalue weighted by Crippen LogP contribution is 2.30. The van der Waals surface area contributed by atoms with Gasteiger partial charge in [-0.2, -0.15) is 0 Å². The predicted octanol–water partition coefficient (Wildman–Crippen LogP) is 3.59. The van der Waals surface area contributed by atoms with Gasteiger partial charge in [-0.1, -0.05) is 43.3 Å². The molecule has 0 fully saturated rings. The second kappa shape index (κ2) is 9.60. The number of ether oxygens (including phenoxy) is 1. The number of aromatic nitrogens is 1. The summed E-state index contributed by atoms with van der Waals surface area (Å²) in [5.74, 6) is -1.23. The number of para-hydroxylation sites is 2. The van der Waals surface area contributed by atoms with E-state index in [0.29, 0.717) is 17.1 Å². The number of carboxylic acids is 1. The van der Waals surface area contributed by atoms with Crippen LogP contribution in [0.25, 0.3) is 11.3 Å². The number of aryl methyl sites for hydroxylation is 2. The van der Waals surface area contributed by atoms with Crippen LogP contribution in [-0.2, 0) is 27.2 Å². The van der Waals surface area contributed by atoms with Gasteiger partial charge in [-0.05, 0) is 36.2 Å². The molecule has 170 valence electrons. The van der Waals surface area contributed by atoms with E-state index in [1.54, 1.807) is 35.0 Å². The largest absolute Gasteiger partial charge is 0.481 e. The molecule has 0 aliphatic carbocycles. The molecule has 3 aromatic rings. The standard InChI is InChI=1S/C25H25N3O5/c1-2-16-7-9-17(10-8-16)20-13-11-18(12-14-24(30)31)28(20)27-23(29)15-22-25(32)26-19-5-3-4-6-21(19)33-22/h3-11,13,22H,2,12,14-15H2,1H3,(H,26,32)(H,27,29)(H,30,31)/t22-/m0/s1. The zero-order valence-electron chi connectivity index (χ0n) is 18.2. The Morgan fingerprint density at radius 2 is 1.85 bits per heavy atom. The van der Waals surface area contributed by atoms with Crippen molar-refractivity contribution in [1.82, 2.24) is 4.68 Å². The van der Waals surface area contributed by atoms with Crippen LogP contribution in [0.15, 0.2) is 60.7 Å². The normalized spacial score (nSPS) is 14.7. The van der Waals surface area contributed by atoms with Gasteiger partial charge in [0.2, 0.25) is 5.91 Å². The number of benzene rings is 2. The topological polar surface area (TPSA) is 110 Å². The second-order valence-electron chi connectivity index (χ2n) is 7.82. The Labute approximate surface area is 191 Å². The Bertz CT molecular complexity index is 1180. The van der Waals surface area contributed by atoms with Crippen LogP contribution in [0, 0.1) is 0 Å². The van der Waals surface area contributed by atoms with E-state index in [-0.39, 0.29) is 19.3 Å². The summed E-state index contributed by atoms with van der Waals surface area (Å²) in [6, 6.07) is 18.6. The SMILES string of the molecule is CCc1ccc(-c2ccc(CCC(=O)O)n2NC(=O)C[C@@H]2Oc3ccccc3NC2=O)cc1. The van der Waals surface area contributed by atoms with Crippen LogP contribution in [0.5, 0.6) is 5.75 Å². The molecule has 1 aliphatic heterocycles. The van der Waals surface area contributed by atoms with Gasteiger partial charge in [-0.25, -0.2) is 0 Å². The summed E-state index contributed by atoms with van der Waals surface area (Å²) in [4.78, 5) is 36.4. The summed E-state index contributed by atoms with van der Waals surface area (Å²) < 4.78 is 7.32. The zero-order valence-corrected chi connectivity index (χ0v) is 18.2. The average Bonchev–Trinajstić information content (AvgIpc) is 3.20. The molecule has 0 unspecified atom stereocenters. The van der Waals surface area contributed by atoms with Crippen molar-refractivity contribution in [3.8, 4) is 17.0 Å². The fourth-order valence-electron chi connectivity index (χ4n) is 3.74. The summed E-state index contributed by atoms with van der Waals surface area (Å²) >= 11 is 0. The molecular weight excluding hydrogens is 422 g/mol. The quantitative estimate of drug-likeness (QED) is 0.489. The third kappa shape index (κ3) is 5.06. The molecule has 1 aromatic heterocycles. The maximum absolute atomic E-state index is 12.9. The van der Waals surface area contributed by atoms with E-state index in [1.165, 1.54) is 5.56 Å². The molecule has 2 amide bonds. The number of anilines is 1. The van der Waals surface area contributed by atoms with Crippen molar-refractivity contribution < 1.29 is 24.2 Å². The molecule has 0 saturated heterocycles. The molecule has 0 bridgehead atoms. The number of carboxylic acid groups (broad SMARTS) is 1. The Kier molecular flexibility index (Phi) is 6.44. The molecule has 33 heavy (non-hydrogen) atoms. The van der Waals surface area contributed by atoms with E-state index in [2.05, 4.69) is 17.7 Å². The van der Waals surface area contributed by atoms with Crippen LogP contribution >= 0.6 is 0 Å². The average molecular weight is 447 g/mol. The number of carbonyl (C=O) groups excluding carboxylic acids is 2. The van der Waals surface area contributed by atoms with Gasteiger partial charge in [0.15, 0.2) is 6.10 Å². The highest BCUT2D eigenvalue weighted by molar-refractivity contribution is 6.00. The fraction of sp³-hybridized carbons (Fsp3) is 0.240. The van der Waals surface area contributed by atoms with Crippen LogP contribution < -0.4 is 15.5 Å². The first-order valence-electron chi connectivity index (χ1n) is 10.8. The molecule has 3 N–H and O–H groups in total. The summed E-state index contributed by atoms with van der Waals surface area (Å²) in [5, 5.41) is 11.8. The number of hydrogen-bond acceptors (Lipinski definition) is 4. The molecule has 8 heteroatoms. The Morgan fingerprint density at radius 1 is 1.09 bits per heavy atom. The van der Waals surface area contributed by atoms with E-state index in [0.717, 1.165) is 17.7 Å². The van der Waals surface area contributed by atoms with Crippen LogP contribution in [-0.4, -0.2) is 33.7 Å². The lowest BCUT2D eigenvalue weighted by Gasteiger charge is -2.25. The van der Waals surface area contributed by atoms with E-state index in [9.17, 15) is 14.4 Å². The smallest absolute Gasteiger partial charge is 0.303 e. The van der Waals surface area contributed by atoms with Gasteiger partial charge in [0, 0.05) is 17.7 Å². The predicted molar refractivity (Wildman–Crippen MR) is 124 cm³/mol. The molecular formula is C25H25N3O5. The minimum Gasteiger partial charge on any atom is -0.481 e. The van der Waals surface area contributed by atoms with E-state index < -0.39 is 23.9 Å². The third-order valence-electron chi connectivity index (χ3n) is 5.53. The van der Waals surface area contributed by atoms with Gasteiger partial charge >= 0.3 is 5.97 Å². The minimum absolute atomic E-state index is 0.0704. The Morgan fingerprint density at radius 3 is 2.58 bits per heavy atom. The lowest BCUT2D eigenvalue weighted by atomic mass is 10.1. The van der Waals surface area contributed by atoms with E-state index in [1.807, 2.05) is 30.3 Å². The number of aliphatic carboxylic acids is 1. The molecule has 1 aliphatic rings. The van der Waals surface area contributed by atoms with Gasteiger partial charge in [0.25, 0.3) is 5.91 Å². The van der Waals surface area contributed by atoms with Crippen molar-refractivity contribution in [3.05, 3.63) is 71.9 Å². The lowest BCUT2D eigenvalue weighted by Crippen LogP contribution is -2.40. The van der Waals surface area contributed by atoms with Gasteiger partial charge in [0.05, 0.1) is 24.2 Å². The molecule has 0 spiro atoms. The first kappa shape index (κ1) is 22.1. The highest BCUT2D eigenvalue weighted by atomic mass is 16.5. The Hall–Kier alpha value is -4.07. The molecule has 8 nitrogen and oxygen atoms in total. The summed E-state index contributed by atoms with van der Waals surface area (Å²) in [6.45, 7) is 2.07. The molecule has 2 heterocycles. The van der Waals surface area contributed by atoms with Crippen LogP contribution in [0.3, 0.4) is 0 Å². The molecule has 1 atom stereocenters. The number of nitrogens with one attached hydrogen (secondary N) is 2. The van der Waals surface area contributed by atoms with Crippen LogP contribution in [0.4, 0.5) is 5.69 Å². The van der Waals surface area contributed by atoms with Crippen molar-refractivity contribution in [2.75, 3.05) is 10.7 Å². The first-order chi connectivity index (χ1) is 15.9. The maximum atomic E-state index is 12.9. The number of nitrogens with zero attached hydrogens (tertiary/aromatic N) is 1. The number of amides is 2. The van der Waals surface area contributed by atoms with Gasteiger partial charge in [-0.3, -0.25) is 24.5 Å². The molecule has 0 saturated carbocycles. The third-order valence-corrected chi connectivity index (χ3v) is 5.53. The molecule has 2 aromatic carbocycles. The van der Waals surface area contributed by atoms with Crippen molar-refractivity contribution in [3.63, 3.8) is 0 Å². The zero-order chi connectivity index (χ0) is 23.4. The fourth-order valence-corrected chi connectivity index (χ4v) is 3.74. The van der Waals surface area contributed by atoms with Crippen molar-refractivity contribution >= 4 is 23.5 Å². The van der Waals surface area contributed by atoms with Crippen LogP contribution in [0.1, 0.15) is 31.0 Å². The highest BCUT2D eigenvalue weighted by Gasteiger charge is 2.30. The van der Waals surface area contributed by atoms with Crippen molar-refractivity contribution in [2.45, 2.75) is 38.7 Å². The minimum atomic E-state index is -0.967. The van der Waals surface area contributed by atoms with Gasteiger partial charge in [-0.15, -0.1) is 0 Å². The summed E-state index contributed by atoms with van der Waals surface area (Å²) in [5.41, 5.74) is 6.85. The number of hydrogen-bond donors (Lipinski definition) is 3. The maximum Gasteiger partial charge on any atom is 0.303 e. The molecule has 4 rings (SSSR count). The van der Waals surface area contributed by atoms with Crippen LogP contribution in [0.2, 0.25) is 0 Å². The number of carbonyl (C=O) groups is 3. The van der Waals surface area contributed by atoms with E-state index in [4.69, 9.17) is 9.84 Å². The Balaban J connectivity index is 1.55. The summed E-state index contributed by atoms with van der Waals surface area (Å²) in [7, 11) is 0. The van der Waals surface area contributed by atoms with Gasteiger partial charge < -0.3 is 15.2 Å².